The van der Waals surface area contributed by atoms with Crippen molar-refractivity contribution in [2.24, 2.45) is 5.92 Å². The lowest BCUT2D eigenvalue weighted by atomic mass is 9.99. The van der Waals surface area contributed by atoms with E-state index < -0.39 is 28.7 Å². The van der Waals surface area contributed by atoms with Gasteiger partial charge in [0, 0.05) is 13.1 Å². The van der Waals surface area contributed by atoms with Gasteiger partial charge in [-0.25, -0.2) is 8.42 Å². The molecule has 1 aromatic carbocycles. The van der Waals surface area contributed by atoms with Crippen molar-refractivity contribution in [1.82, 2.24) is 4.31 Å². The first-order valence-electron chi connectivity index (χ1n) is 6.24. The number of nitrogens with two attached hydrogens (primary N) is 1. The summed E-state index contributed by atoms with van der Waals surface area (Å²) < 4.78 is 63.9. The van der Waals surface area contributed by atoms with E-state index in [9.17, 15) is 21.6 Å². The van der Waals surface area contributed by atoms with Crippen LogP contribution < -0.4 is 5.73 Å². The van der Waals surface area contributed by atoms with Crippen LogP contribution in [0.25, 0.3) is 0 Å². The summed E-state index contributed by atoms with van der Waals surface area (Å²) in [5.74, 6) is -1.63. The Morgan fingerprint density at radius 1 is 1.33 bits per heavy atom. The first kappa shape index (κ1) is 16.4. The molecule has 0 aliphatic carbocycles. The van der Waals surface area contributed by atoms with Gasteiger partial charge < -0.3 is 5.73 Å². The Morgan fingerprint density at radius 3 is 2.57 bits per heavy atom. The molecule has 4 nitrogen and oxygen atoms in total. The van der Waals surface area contributed by atoms with Gasteiger partial charge in [0.05, 0.1) is 21.5 Å². The molecule has 2 rings (SSSR count). The Kier molecular flexibility index (Phi) is 4.41. The molecule has 0 saturated carbocycles. The lowest BCUT2D eigenvalue weighted by molar-refractivity contribution is -0.182. The van der Waals surface area contributed by atoms with E-state index in [0.29, 0.717) is 0 Å². The lowest BCUT2D eigenvalue weighted by Crippen LogP contribution is -2.44. The van der Waals surface area contributed by atoms with Crippen molar-refractivity contribution in [3.05, 3.63) is 23.2 Å². The van der Waals surface area contributed by atoms with Gasteiger partial charge >= 0.3 is 6.18 Å². The summed E-state index contributed by atoms with van der Waals surface area (Å²) in [6.45, 7) is -0.495. The number of sulfonamides is 1. The average Bonchev–Trinajstić information content (AvgIpc) is 2.41. The maximum absolute atomic E-state index is 12.8. The highest BCUT2D eigenvalue weighted by Crippen LogP contribution is 2.35. The first-order chi connectivity index (χ1) is 9.62. The van der Waals surface area contributed by atoms with Gasteiger partial charge in [0.2, 0.25) is 10.0 Å². The summed E-state index contributed by atoms with van der Waals surface area (Å²) in [5.41, 5.74) is 5.71. The second kappa shape index (κ2) is 5.66. The summed E-state index contributed by atoms with van der Waals surface area (Å²) in [6, 6.07) is 3.72. The zero-order valence-corrected chi connectivity index (χ0v) is 12.5. The zero-order chi connectivity index (χ0) is 15.8. The molecule has 1 aromatic rings. The predicted octanol–water partition coefficient (Wildman–Crippen LogP) is 2.89. The Morgan fingerprint density at radius 2 is 2.00 bits per heavy atom. The molecule has 1 heterocycles. The van der Waals surface area contributed by atoms with Crippen molar-refractivity contribution in [3.63, 3.8) is 0 Å². The van der Waals surface area contributed by atoms with Gasteiger partial charge in [-0.2, -0.15) is 17.5 Å². The number of piperidine rings is 1. The number of nitrogens with zero attached hydrogens (tertiary/aromatic N) is 1. The van der Waals surface area contributed by atoms with E-state index in [0.717, 1.165) is 10.4 Å². The Hall–Kier alpha value is -0.990. The van der Waals surface area contributed by atoms with Crippen molar-refractivity contribution in [2.45, 2.75) is 23.9 Å². The van der Waals surface area contributed by atoms with Crippen LogP contribution in [0.15, 0.2) is 23.1 Å². The fraction of sp³-hybridized carbons (Fsp3) is 0.500. The predicted molar refractivity (Wildman–Crippen MR) is 73.4 cm³/mol. The average molecular weight is 343 g/mol. The molecule has 1 atom stereocenters. The second-order valence-corrected chi connectivity index (χ2v) is 7.27. The molecule has 1 aliphatic heterocycles. The van der Waals surface area contributed by atoms with Crippen molar-refractivity contribution < 1.29 is 21.6 Å². The van der Waals surface area contributed by atoms with Crippen molar-refractivity contribution in [1.29, 1.82) is 0 Å². The SMILES string of the molecule is Nc1ccc(S(=O)(=O)N2CCCC(C(F)(F)F)C2)cc1Cl. The second-order valence-electron chi connectivity index (χ2n) is 4.93. The topological polar surface area (TPSA) is 63.4 Å². The van der Waals surface area contributed by atoms with Crippen LogP contribution in [0, 0.1) is 5.92 Å². The number of halogens is 4. The molecule has 1 unspecified atom stereocenters. The van der Waals surface area contributed by atoms with E-state index in [1.54, 1.807) is 0 Å². The van der Waals surface area contributed by atoms with Gasteiger partial charge in [-0.15, -0.1) is 0 Å². The number of alkyl halides is 3. The van der Waals surface area contributed by atoms with Crippen LogP contribution in [0.3, 0.4) is 0 Å². The monoisotopic (exact) mass is 342 g/mol. The number of hydrogen-bond donors (Lipinski definition) is 1. The Balaban J connectivity index is 2.28. The summed E-state index contributed by atoms with van der Waals surface area (Å²) in [4.78, 5) is -0.149. The smallest absolute Gasteiger partial charge is 0.393 e. The molecule has 9 heteroatoms. The highest BCUT2D eigenvalue weighted by atomic mass is 35.5. The number of anilines is 1. The molecule has 118 valence electrons. The lowest BCUT2D eigenvalue weighted by Gasteiger charge is -2.32. The van der Waals surface area contributed by atoms with Crippen LogP contribution in [0.2, 0.25) is 5.02 Å². The molecular weight excluding hydrogens is 329 g/mol. The first-order valence-corrected chi connectivity index (χ1v) is 8.06. The van der Waals surface area contributed by atoms with Crippen LogP contribution in [-0.4, -0.2) is 32.0 Å². The van der Waals surface area contributed by atoms with E-state index in [1.165, 1.54) is 12.1 Å². The fourth-order valence-corrected chi connectivity index (χ4v) is 4.04. The maximum Gasteiger partial charge on any atom is 0.393 e. The minimum atomic E-state index is -4.40. The van der Waals surface area contributed by atoms with Gasteiger partial charge in [0.1, 0.15) is 0 Å². The molecule has 1 fully saturated rings. The Labute approximate surface area is 125 Å². The van der Waals surface area contributed by atoms with Crippen LogP contribution in [0.4, 0.5) is 18.9 Å². The maximum atomic E-state index is 12.8. The highest BCUT2D eigenvalue weighted by molar-refractivity contribution is 7.89. The molecule has 2 N–H and O–H groups in total. The summed E-state index contributed by atoms with van der Waals surface area (Å²) in [7, 11) is -4.00. The van der Waals surface area contributed by atoms with E-state index >= 15 is 0 Å². The van der Waals surface area contributed by atoms with Gasteiger partial charge in [-0.05, 0) is 31.0 Å². The third kappa shape index (κ3) is 3.44. The Bertz CT molecular complexity index is 634. The molecular formula is C12H14ClF3N2O2S. The molecule has 0 spiro atoms. The van der Waals surface area contributed by atoms with Crippen molar-refractivity contribution in [2.75, 3.05) is 18.8 Å². The van der Waals surface area contributed by atoms with Crippen LogP contribution in [-0.2, 0) is 10.0 Å². The number of nitrogen functional groups attached to an aromatic ring is 1. The molecule has 1 aliphatic rings. The van der Waals surface area contributed by atoms with E-state index in [2.05, 4.69) is 0 Å². The van der Waals surface area contributed by atoms with E-state index in [4.69, 9.17) is 17.3 Å². The summed E-state index contributed by atoms with van der Waals surface area (Å²) in [5, 5.41) is 0.0560. The third-order valence-corrected chi connectivity index (χ3v) is 5.65. The number of hydrogen-bond acceptors (Lipinski definition) is 3. The largest absolute Gasteiger partial charge is 0.398 e. The normalized spacial score (nSPS) is 21.4. The summed E-state index contributed by atoms with van der Waals surface area (Å²) >= 11 is 5.77. The fourth-order valence-electron chi connectivity index (χ4n) is 2.25. The van der Waals surface area contributed by atoms with Gasteiger partial charge in [-0.3, -0.25) is 0 Å². The number of rotatable bonds is 2. The molecule has 0 radical (unpaired) electrons. The quantitative estimate of drug-likeness (QED) is 0.840. The van der Waals surface area contributed by atoms with E-state index in [1.807, 2.05) is 0 Å². The van der Waals surface area contributed by atoms with Crippen LogP contribution in [0.5, 0.6) is 0 Å². The van der Waals surface area contributed by atoms with Crippen LogP contribution in [0.1, 0.15) is 12.8 Å². The third-order valence-electron chi connectivity index (χ3n) is 3.46. The minimum Gasteiger partial charge on any atom is -0.398 e. The standard InChI is InChI=1S/C12H14ClF3N2O2S/c13-10-6-9(3-4-11(10)17)21(19,20)18-5-1-2-8(7-18)12(14,15)16/h3-4,6,8H,1-2,5,7,17H2. The summed E-state index contributed by atoms with van der Waals surface area (Å²) in [6.07, 6.45) is -4.28. The molecule has 21 heavy (non-hydrogen) atoms. The molecule has 0 aromatic heterocycles. The van der Waals surface area contributed by atoms with Gasteiger partial charge in [0.15, 0.2) is 0 Å². The van der Waals surface area contributed by atoms with Crippen molar-refractivity contribution in [3.8, 4) is 0 Å². The highest BCUT2D eigenvalue weighted by Gasteiger charge is 2.44. The van der Waals surface area contributed by atoms with Crippen molar-refractivity contribution >= 4 is 27.3 Å². The molecule has 1 saturated heterocycles. The van der Waals surface area contributed by atoms with E-state index in [-0.39, 0.29) is 35.0 Å². The molecule has 0 amide bonds. The van der Waals surface area contributed by atoms with Crippen LogP contribution >= 0.6 is 11.6 Å². The minimum absolute atomic E-state index is 0.0560. The number of benzene rings is 1. The zero-order valence-electron chi connectivity index (χ0n) is 10.9. The van der Waals surface area contributed by atoms with Gasteiger partial charge in [0.25, 0.3) is 0 Å². The van der Waals surface area contributed by atoms with Gasteiger partial charge in [-0.1, -0.05) is 11.6 Å². The molecule has 0 bridgehead atoms.